The van der Waals surface area contributed by atoms with Gasteiger partial charge in [-0.25, -0.2) is 0 Å². The van der Waals surface area contributed by atoms with Gasteiger partial charge >= 0.3 is 0 Å². The summed E-state index contributed by atoms with van der Waals surface area (Å²) < 4.78 is 0. The molecule has 0 spiro atoms. The SMILES string of the molecule is C#CC.C=C(C)/C(C)=C/C.CC.CCC.CCCC(C)CC/C=C/C(C)C1CCC1. The largest absolute Gasteiger partial charge is 0.120 e. The van der Waals surface area contributed by atoms with E-state index in [0.717, 1.165) is 23.3 Å². The monoisotopic (exact) mass is 418 g/mol. The molecule has 0 aliphatic heterocycles. The summed E-state index contributed by atoms with van der Waals surface area (Å²) in [6, 6.07) is 0. The summed E-state index contributed by atoms with van der Waals surface area (Å²) in [5.41, 5.74) is 2.43. The molecular formula is C30H58. The highest BCUT2D eigenvalue weighted by Gasteiger charge is 2.21. The summed E-state index contributed by atoms with van der Waals surface area (Å²) in [5, 5.41) is 0. The number of allylic oxidation sites excluding steroid dienone is 5. The Morgan fingerprint density at radius 2 is 1.57 bits per heavy atom. The third-order valence-electron chi connectivity index (χ3n) is 5.05. The Kier molecular flexibility index (Phi) is 36.1. The molecule has 1 fully saturated rings. The van der Waals surface area contributed by atoms with Crippen molar-refractivity contribution in [2.24, 2.45) is 17.8 Å². The van der Waals surface area contributed by atoms with Gasteiger partial charge in [-0.05, 0) is 71.1 Å². The molecule has 0 radical (unpaired) electrons. The first kappa shape index (κ1) is 36.2. The van der Waals surface area contributed by atoms with Crippen molar-refractivity contribution in [2.45, 2.75) is 128 Å². The summed E-state index contributed by atoms with van der Waals surface area (Å²) in [7, 11) is 0. The molecule has 1 aliphatic rings. The van der Waals surface area contributed by atoms with Gasteiger partial charge in [0.2, 0.25) is 0 Å². The van der Waals surface area contributed by atoms with Gasteiger partial charge in [-0.3, -0.25) is 0 Å². The lowest BCUT2D eigenvalue weighted by Crippen LogP contribution is -2.17. The first-order valence-electron chi connectivity index (χ1n) is 12.6. The highest BCUT2D eigenvalue weighted by molar-refractivity contribution is 5.22. The van der Waals surface area contributed by atoms with E-state index in [1.165, 1.54) is 56.9 Å². The maximum atomic E-state index is 4.60. The van der Waals surface area contributed by atoms with Crippen LogP contribution in [0.2, 0.25) is 0 Å². The van der Waals surface area contributed by atoms with Gasteiger partial charge in [0.05, 0.1) is 0 Å². The van der Waals surface area contributed by atoms with Crippen molar-refractivity contribution in [3.05, 3.63) is 36.0 Å². The van der Waals surface area contributed by atoms with E-state index in [0.29, 0.717) is 0 Å². The second-order valence-electron chi connectivity index (χ2n) is 8.20. The Morgan fingerprint density at radius 3 is 1.83 bits per heavy atom. The Bertz CT molecular complexity index is 425. The Hall–Kier alpha value is -1.22. The average Bonchev–Trinajstić information content (AvgIpc) is 2.67. The van der Waals surface area contributed by atoms with Gasteiger partial charge in [-0.15, -0.1) is 12.3 Å². The second-order valence-corrected chi connectivity index (χ2v) is 8.20. The average molecular weight is 419 g/mol. The van der Waals surface area contributed by atoms with Gasteiger partial charge < -0.3 is 0 Å². The standard InChI is InChI=1S/C15H28.C7H12.C3H8.C3H4.C2H6/c1-4-8-13(2)9-5-6-10-14(3)15-11-7-12-15;1-5-7(4)6(2)3;2*1-3-2;1-2/h6,10,13-15H,4-5,7-9,11-12H2,1-3H3;5H,2H2,1,3-4H3;3H2,1-2H3;1H,2H3;1-2H3/b10-6+;7-5+;;;. The number of rotatable bonds is 8. The molecule has 2 atom stereocenters. The molecule has 0 aromatic carbocycles. The molecule has 1 rings (SSSR count). The van der Waals surface area contributed by atoms with E-state index < -0.39 is 0 Å². The van der Waals surface area contributed by atoms with E-state index in [9.17, 15) is 0 Å². The van der Waals surface area contributed by atoms with E-state index in [4.69, 9.17) is 0 Å². The van der Waals surface area contributed by atoms with Crippen LogP contribution in [0, 0.1) is 30.1 Å². The molecular weight excluding hydrogens is 360 g/mol. The molecule has 0 bridgehead atoms. The van der Waals surface area contributed by atoms with Crippen LogP contribution in [0.3, 0.4) is 0 Å². The van der Waals surface area contributed by atoms with Crippen molar-refractivity contribution < 1.29 is 0 Å². The zero-order valence-electron chi connectivity index (χ0n) is 22.9. The van der Waals surface area contributed by atoms with Crippen molar-refractivity contribution in [1.29, 1.82) is 0 Å². The molecule has 0 nitrogen and oxygen atoms in total. The number of terminal acetylenes is 1. The first-order chi connectivity index (χ1) is 14.2. The van der Waals surface area contributed by atoms with Gasteiger partial charge in [0.25, 0.3) is 0 Å². The number of hydrogen-bond acceptors (Lipinski definition) is 0. The minimum Gasteiger partial charge on any atom is -0.120 e. The van der Waals surface area contributed by atoms with Crippen molar-refractivity contribution in [3.63, 3.8) is 0 Å². The third kappa shape index (κ3) is 29.0. The Balaban J connectivity index is -0.000000188. The highest BCUT2D eigenvalue weighted by atomic mass is 14.3. The normalized spacial score (nSPS) is 14.5. The fraction of sp³-hybridized carbons (Fsp3) is 0.733. The Morgan fingerprint density at radius 1 is 1.10 bits per heavy atom. The number of hydrogen-bond donors (Lipinski definition) is 0. The first-order valence-corrected chi connectivity index (χ1v) is 12.6. The summed E-state index contributed by atoms with van der Waals surface area (Å²) in [6.45, 7) is 26.8. The van der Waals surface area contributed by atoms with E-state index in [1.807, 2.05) is 27.7 Å². The van der Waals surface area contributed by atoms with Crippen molar-refractivity contribution in [1.82, 2.24) is 0 Å². The summed E-state index contributed by atoms with van der Waals surface area (Å²) in [4.78, 5) is 0. The summed E-state index contributed by atoms with van der Waals surface area (Å²) in [5.74, 6) is 5.01. The van der Waals surface area contributed by atoms with Crippen LogP contribution in [0.5, 0.6) is 0 Å². The molecule has 0 saturated heterocycles. The summed E-state index contributed by atoms with van der Waals surface area (Å²) in [6.07, 6.45) is 22.6. The van der Waals surface area contributed by atoms with Crippen molar-refractivity contribution in [3.8, 4) is 12.3 Å². The fourth-order valence-corrected chi connectivity index (χ4v) is 2.70. The highest BCUT2D eigenvalue weighted by Crippen LogP contribution is 2.33. The van der Waals surface area contributed by atoms with Crippen LogP contribution in [-0.4, -0.2) is 0 Å². The quantitative estimate of drug-likeness (QED) is 0.209. The van der Waals surface area contributed by atoms with E-state index in [1.54, 1.807) is 6.92 Å². The molecule has 1 aliphatic carbocycles. The molecule has 1 saturated carbocycles. The lowest BCUT2D eigenvalue weighted by molar-refractivity contribution is 0.255. The van der Waals surface area contributed by atoms with Gasteiger partial charge in [0, 0.05) is 0 Å². The van der Waals surface area contributed by atoms with Crippen LogP contribution < -0.4 is 0 Å². The molecule has 30 heavy (non-hydrogen) atoms. The van der Waals surface area contributed by atoms with Gasteiger partial charge in [-0.2, -0.15) is 0 Å². The summed E-state index contributed by atoms with van der Waals surface area (Å²) >= 11 is 0. The van der Waals surface area contributed by atoms with E-state index >= 15 is 0 Å². The fourth-order valence-electron chi connectivity index (χ4n) is 2.70. The third-order valence-corrected chi connectivity index (χ3v) is 5.05. The van der Waals surface area contributed by atoms with Crippen LogP contribution in [0.25, 0.3) is 0 Å². The lowest BCUT2D eigenvalue weighted by atomic mass is 9.76. The lowest BCUT2D eigenvalue weighted by Gasteiger charge is -2.29. The molecule has 0 aromatic heterocycles. The van der Waals surface area contributed by atoms with Crippen LogP contribution in [-0.2, 0) is 0 Å². The maximum absolute atomic E-state index is 4.60. The van der Waals surface area contributed by atoms with Gasteiger partial charge in [0.15, 0.2) is 0 Å². The molecule has 0 aromatic rings. The molecule has 178 valence electrons. The van der Waals surface area contributed by atoms with Crippen LogP contribution in [0.4, 0.5) is 0 Å². The predicted octanol–water partition coefficient (Wildman–Crippen LogP) is 10.8. The zero-order chi connectivity index (χ0) is 24.4. The van der Waals surface area contributed by atoms with Gasteiger partial charge in [0.1, 0.15) is 0 Å². The zero-order valence-corrected chi connectivity index (χ0v) is 22.9. The smallest absolute Gasteiger partial charge is 0.00297 e. The molecule has 0 N–H and O–H groups in total. The molecule has 0 heterocycles. The Labute approximate surface area is 193 Å². The molecule has 0 amide bonds. The van der Waals surface area contributed by atoms with Gasteiger partial charge in [-0.1, -0.05) is 110 Å². The second kappa shape index (κ2) is 30.0. The van der Waals surface area contributed by atoms with E-state index in [2.05, 4.69) is 78.7 Å². The molecule has 0 heteroatoms. The minimum absolute atomic E-state index is 0.834. The van der Waals surface area contributed by atoms with Crippen LogP contribution in [0.15, 0.2) is 36.0 Å². The van der Waals surface area contributed by atoms with E-state index in [-0.39, 0.29) is 0 Å². The van der Waals surface area contributed by atoms with Crippen molar-refractivity contribution >= 4 is 0 Å². The predicted molar refractivity (Wildman–Crippen MR) is 145 cm³/mol. The maximum Gasteiger partial charge on any atom is -0.00297 e. The molecule has 2 unspecified atom stereocenters. The van der Waals surface area contributed by atoms with Crippen LogP contribution in [0.1, 0.15) is 128 Å². The minimum atomic E-state index is 0.834. The van der Waals surface area contributed by atoms with Crippen LogP contribution >= 0.6 is 0 Å². The van der Waals surface area contributed by atoms with Crippen molar-refractivity contribution in [2.75, 3.05) is 0 Å². The topological polar surface area (TPSA) is 0 Å².